The highest BCUT2D eigenvalue weighted by Gasteiger charge is 2.16. The van der Waals surface area contributed by atoms with E-state index in [2.05, 4.69) is 9.97 Å². The van der Waals surface area contributed by atoms with E-state index in [9.17, 15) is 4.79 Å². The molecule has 1 aromatic heterocycles. The number of nitrogens with zero attached hydrogens (tertiary/aromatic N) is 1. The Labute approximate surface area is 131 Å². The van der Waals surface area contributed by atoms with E-state index < -0.39 is 5.24 Å². The molecule has 5 nitrogen and oxygen atoms in total. The summed E-state index contributed by atoms with van der Waals surface area (Å²) >= 11 is 5.60. The van der Waals surface area contributed by atoms with E-state index in [0.717, 1.165) is 5.75 Å². The van der Waals surface area contributed by atoms with Gasteiger partial charge in [-0.1, -0.05) is 18.2 Å². The van der Waals surface area contributed by atoms with Crippen LogP contribution >= 0.6 is 11.6 Å². The van der Waals surface area contributed by atoms with Gasteiger partial charge in [0, 0.05) is 0 Å². The van der Waals surface area contributed by atoms with Crippen molar-refractivity contribution >= 4 is 27.9 Å². The summed E-state index contributed by atoms with van der Waals surface area (Å²) in [4.78, 5) is 19.0. The third-order valence-corrected chi connectivity index (χ3v) is 3.41. The second-order valence-electron chi connectivity index (χ2n) is 4.60. The number of halogens is 1. The average Bonchev–Trinajstić information content (AvgIpc) is 2.96. The Hall–Kier alpha value is -2.53. The number of fused-ring (bicyclic) bond motifs is 1. The number of hydrogen-bond donors (Lipinski definition) is 1. The second kappa shape index (κ2) is 6.07. The van der Waals surface area contributed by atoms with Crippen LogP contribution in [0.25, 0.3) is 11.0 Å². The van der Waals surface area contributed by atoms with Crippen molar-refractivity contribution < 1.29 is 14.3 Å². The van der Waals surface area contributed by atoms with Crippen LogP contribution in [0, 0.1) is 0 Å². The minimum absolute atomic E-state index is 0.248. The highest BCUT2D eigenvalue weighted by Crippen LogP contribution is 2.28. The van der Waals surface area contributed by atoms with Gasteiger partial charge in [0.1, 0.15) is 35.0 Å². The van der Waals surface area contributed by atoms with Gasteiger partial charge in [-0.25, -0.2) is 4.98 Å². The van der Waals surface area contributed by atoms with Gasteiger partial charge in [0.25, 0.3) is 5.24 Å². The van der Waals surface area contributed by atoms with E-state index in [-0.39, 0.29) is 6.61 Å². The number of carbonyl (C=O) groups is 1. The summed E-state index contributed by atoms with van der Waals surface area (Å²) in [7, 11) is 1.55. The van der Waals surface area contributed by atoms with E-state index in [1.807, 2.05) is 30.3 Å². The number of aromatic nitrogens is 2. The van der Waals surface area contributed by atoms with Gasteiger partial charge in [0.2, 0.25) is 0 Å². The van der Waals surface area contributed by atoms with Gasteiger partial charge < -0.3 is 14.5 Å². The van der Waals surface area contributed by atoms with Crippen LogP contribution in [0.15, 0.2) is 42.5 Å². The van der Waals surface area contributed by atoms with Crippen LogP contribution in [0.1, 0.15) is 16.2 Å². The predicted molar refractivity (Wildman–Crippen MR) is 83.6 cm³/mol. The van der Waals surface area contributed by atoms with Crippen molar-refractivity contribution in [1.29, 1.82) is 0 Å². The molecule has 0 unspecified atom stereocenters. The van der Waals surface area contributed by atoms with Crippen LogP contribution in [-0.4, -0.2) is 22.3 Å². The van der Waals surface area contributed by atoms with Gasteiger partial charge in [-0.2, -0.15) is 0 Å². The van der Waals surface area contributed by atoms with E-state index in [1.165, 1.54) is 0 Å². The topological polar surface area (TPSA) is 64.2 Å². The molecule has 0 spiro atoms. The molecule has 0 fully saturated rings. The first kappa shape index (κ1) is 14.4. The maximum atomic E-state index is 11.5. The first-order valence-corrected chi connectivity index (χ1v) is 7.00. The number of aromatic amines is 1. The van der Waals surface area contributed by atoms with Gasteiger partial charge in [0.05, 0.1) is 12.7 Å². The molecule has 0 aliphatic rings. The van der Waals surface area contributed by atoms with E-state index in [4.69, 9.17) is 21.1 Å². The van der Waals surface area contributed by atoms with Gasteiger partial charge >= 0.3 is 0 Å². The molecule has 3 aromatic rings. The Morgan fingerprint density at radius 1 is 1.23 bits per heavy atom. The maximum absolute atomic E-state index is 11.5. The van der Waals surface area contributed by atoms with Gasteiger partial charge in [-0.15, -0.1) is 0 Å². The van der Waals surface area contributed by atoms with Crippen molar-refractivity contribution in [2.75, 3.05) is 7.11 Å². The largest absolute Gasteiger partial charge is 0.494 e. The van der Waals surface area contributed by atoms with Crippen LogP contribution in [-0.2, 0) is 6.61 Å². The summed E-state index contributed by atoms with van der Waals surface area (Å²) in [6, 6.07) is 12.7. The normalized spacial score (nSPS) is 10.6. The first-order valence-electron chi connectivity index (χ1n) is 6.62. The molecule has 0 bridgehead atoms. The Balaban J connectivity index is 1.94. The number of ether oxygens (including phenoxy) is 2. The zero-order valence-electron chi connectivity index (χ0n) is 11.8. The number of nitrogens with one attached hydrogen (secondary N) is 1. The van der Waals surface area contributed by atoms with Gasteiger partial charge in [-0.05, 0) is 35.9 Å². The number of imidazole rings is 1. The van der Waals surface area contributed by atoms with Crippen molar-refractivity contribution in [2.24, 2.45) is 0 Å². The Bertz CT molecular complexity index is 815. The molecular formula is C16H13ClN2O3. The molecule has 3 rings (SSSR count). The van der Waals surface area contributed by atoms with Crippen LogP contribution in [0.2, 0.25) is 0 Å². The first-order chi connectivity index (χ1) is 10.7. The molecule has 0 aliphatic carbocycles. The summed E-state index contributed by atoms with van der Waals surface area (Å²) < 4.78 is 10.9. The smallest absolute Gasteiger partial charge is 0.254 e. The number of H-pyrrole nitrogens is 1. The number of rotatable bonds is 5. The standard InChI is InChI=1S/C16H13ClN2O3/c1-21-12-8-7-11(16(17)20)14-15(12)19-13(18-14)9-22-10-5-3-2-4-6-10/h2-8H,9H2,1H3,(H,18,19). The fraction of sp³-hybridized carbons (Fsp3) is 0.125. The molecule has 0 amide bonds. The molecule has 1 N–H and O–H groups in total. The van der Waals surface area contributed by atoms with Gasteiger partial charge in [-0.3, -0.25) is 4.79 Å². The van der Waals surface area contributed by atoms with E-state index in [1.54, 1.807) is 19.2 Å². The van der Waals surface area contributed by atoms with Crippen molar-refractivity contribution in [3.63, 3.8) is 0 Å². The summed E-state index contributed by atoms with van der Waals surface area (Å²) in [6.07, 6.45) is 0. The SMILES string of the molecule is COc1ccc(C(=O)Cl)c2nc(COc3ccccc3)[nH]c12. The van der Waals surface area contributed by atoms with Crippen LogP contribution in [0.4, 0.5) is 0 Å². The summed E-state index contributed by atoms with van der Waals surface area (Å²) in [6.45, 7) is 0.248. The van der Waals surface area contributed by atoms with Crippen LogP contribution < -0.4 is 9.47 Å². The van der Waals surface area contributed by atoms with Crippen molar-refractivity contribution in [3.05, 3.63) is 53.9 Å². The quantitative estimate of drug-likeness (QED) is 0.731. The number of hydrogen-bond acceptors (Lipinski definition) is 4. The minimum Gasteiger partial charge on any atom is -0.494 e. The highest BCUT2D eigenvalue weighted by molar-refractivity contribution is 6.68. The fourth-order valence-electron chi connectivity index (χ4n) is 2.18. The highest BCUT2D eigenvalue weighted by atomic mass is 35.5. The monoisotopic (exact) mass is 316 g/mol. The fourth-order valence-corrected chi connectivity index (χ4v) is 2.33. The lowest BCUT2D eigenvalue weighted by Gasteiger charge is -2.03. The average molecular weight is 317 g/mol. The lowest BCUT2D eigenvalue weighted by atomic mass is 10.2. The molecule has 0 radical (unpaired) electrons. The number of methoxy groups -OCH3 is 1. The zero-order chi connectivity index (χ0) is 15.5. The summed E-state index contributed by atoms with van der Waals surface area (Å²) in [5.41, 5.74) is 1.44. The minimum atomic E-state index is -0.560. The number of benzene rings is 2. The maximum Gasteiger partial charge on any atom is 0.254 e. The molecule has 0 atom stereocenters. The zero-order valence-corrected chi connectivity index (χ0v) is 12.6. The summed E-state index contributed by atoms with van der Waals surface area (Å²) in [5.74, 6) is 1.92. The van der Waals surface area contributed by atoms with Crippen molar-refractivity contribution in [1.82, 2.24) is 9.97 Å². The number of carbonyl (C=O) groups excluding carboxylic acids is 1. The molecule has 6 heteroatoms. The third kappa shape index (κ3) is 2.76. The van der Waals surface area contributed by atoms with E-state index >= 15 is 0 Å². The van der Waals surface area contributed by atoms with Gasteiger partial charge in [0.15, 0.2) is 0 Å². The second-order valence-corrected chi connectivity index (χ2v) is 4.94. The molecule has 22 heavy (non-hydrogen) atoms. The number of para-hydroxylation sites is 1. The molecule has 0 saturated heterocycles. The molecule has 1 heterocycles. The lowest BCUT2D eigenvalue weighted by Crippen LogP contribution is -1.97. The molecule has 2 aromatic carbocycles. The molecule has 0 saturated carbocycles. The van der Waals surface area contributed by atoms with Crippen molar-refractivity contribution in [3.8, 4) is 11.5 Å². The van der Waals surface area contributed by atoms with Crippen LogP contribution in [0.5, 0.6) is 11.5 Å². The third-order valence-electron chi connectivity index (χ3n) is 3.21. The molecule has 112 valence electrons. The van der Waals surface area contributed by atoms with E-state index in [0.29, 0.717) is 28.2 Å². The van der Waals surface area contributed by atoms with Crippen LogP contribution in [0.3, 0.4) is 0 Å². The molecular weight excluding hydrogens is 304 g/mol. The van der Waals surface area contributed by atoms with Crippen molar-refractivity contribution in [2.45, 2.75) is 6.61 Å². The lowest BCUT2D eigenvalue weighted by molar-refractivity contribution is 0.108. The Morgan fingerprint density at radius 2 is 2.00 bits per heavy atom. The predicted octanol–water partition coefficient (Wildman–Crippen LogP) is 3.53. The Morgan fingerprint density at radius 3 is 2.68 bits per heavy atom. The Kier molecular flexibility index (Phi) is 3.98. The summed E-state index contributed by atoms with van der Waals surface area (Å²) in [5, 5.41) is -0.560. The molecule has 0 aliphatic heterocycles.